The number of hydrogen-bond acceptors (Lipinski definition) is 4. The molecule has 2 aromatic carbocycles. The van der Waals surface area contributed by atoms with Gasteiger partial charge in [-0.15, -0.1) is 11.3 Å². The van der Waals surface area contributed by atoms with E-state index in [-0.39, 0.29) is 20.7 Å². The minimum absolute atomic E-state index is 0.0773. The molecule has 0 saturated carbocycles. The van der Waals surface area contributed by atoms with Gasteiger partial charge in [0.25, 0.3) is 5.91 Å². The number of benzene rings is 2. The third-order valence-electron chi connectivity index (χ3n) is 3.91. The summed E-state index contributed by atoms with van der Waals surface area (Å²) >= 11 is 0.869. The Hall–Kier alpha value is -2.58. The number of hydrogen-bond donors (Lipinski definition) is 3. The van der Waals surface area contributed by atoms with Crippen molar-refractivity contribution in [1.29, 1.82) is 0 Å². The predicted octanol–water partition coefficient (Wildman–Crippen LogP) is 3.73. The number of anilines is 1. The van der Waals surface area contributed by atoms with Crippen molar-refractivity contribution in [3.63, 3.8) is 0 Å². The molecule has 1 aromatic heterocycles. The zero-order chi connectivity index (χ0) is 18.4. The highest BCUT2D eigenvalue weighted by molar-refractivity contribution is 7.22. The van der Waals surface area contributed by atoms with Gasteiger partial charge in [-0.05, 0) is 22.8 Å². The van der Waals surface area contributed by atoms with Crippen LogP contribution in [0.4, 0.5) is 18.9 Å². The minimum Gasteiger partial charge on any atom is -0.397 e. The van der Waals surface area contributed by atoms with Gasteiger partial charge >= 0.3 is 6.18 Å². The van der Waals surface area contributed by atoms with Crippen LogP contribution in [0.1, 0.15) is 20.8 Å². The topological polar surface area (TPSA) is 95.1 Å². The van der Waals surface area contributed by atoms with Crippen LogP contribution in [-0.2, 0) is 12.7 Å². The van der Waals surface area contributed by atoms with Crippen LogP contribution in [0.3, 0.4) is 0 Å². The maximum absolute atomic E-state index is 13.4. The molecule has 0 radical (unpaired) electrons. The van der Waals surface area contributed by atoms with Gasteiger partial charge in [0.05, 0.1) is 11.3 Å². The fourth-order valence-corrected chi connectivity index (χ4v) is 3.83. The van der Waals surface area contributed by atoms with E-state index in [0.29, 0.717) is 17.7 Å². The van der Waals surface area contributed by atoms with Gasteiger partial charge in [-0.3, -0.25) is 4.79 Å². The quantitative estimate of drug-likeness (QED) is 0.660. The highest BCUT2D eigenvalue weighted by Gasteiger charge is 2.35. The van der Waals surface area contributed by atoms with E-state index in [0.717, 1.165) is 23.0 Å². The van der Waals surface area contributed by atoms with Gasteiger partial charge in [-0.25, -0.2) is 0 Å². The second kappa shape index (κ2) is 6.05. The van der Waals surface area contributed by atoms with Crippen LogP contribution >= 0.6 is 11.3 Å². The monoisotopic (exact) mass is 365 g/mol. The molecular formula is C17H14F3N3OS. The average Bonchev–Trinajstić information content (AvgIpc) is 2.91. The number of nitrogens with two attached hydrogens (primary N) is 3. The Morgan fingerprint density at radius 3 is 2.24 bits per heavy atom. The predicted molar refractivity (Wildman–Crippen MR) is 93.1 cm³/mol. The normalized spacial score (nSPS) is 11.8. The fourth-order valence-electron chi connectivity index (χ4n) is 2.69. The van der Waals surface area contributed by atoms with Crippen molar-refractivity contribution >= 4 is 33.0 Å². The minimum atomic E-state index is -4.59. The van der Waals surface area contributed by atoms with Crippen molar-refractivity contribution in [3.05, 3.63) is 52.4 Å². The smallest absolute Gasteiger partial charge is 0.397 e. The Morgan fingerprint density at radius 1 is 1.08 bits per heavy atom. The molecule has 1 amide bonds. The summed E-state index contributed by atoms with van der Waals surface area (Å²) in [5.41, 5.74) is 17.7. The highest BCUT2D eigenvalue weighted by Crippen LogP contribution is 2.46. The van der Waals surface area contributed by atoms with Crippen molar-refractivity contribution in [2.75, 3.05) is 5.73 Å². The Labute approximate surface area is 145 Å². The lowest BCUT2D eigenvalue weighted by Crippen LogP contribution is -2.11. The van der Waals surface area contributed by atoms with Gasteiger partial charge in [0.2, 0.25) is 0 Å². The molecule has 0 atom stereocenters. The van der Waals surface area contributed by atoms with Gasteiger partial charge < -0.3 is 17.2 Å². The number of rotatable bonds is 3. The third-order valence-corrected chi connectivity index (χ3v) is 5.16. The number of carbonyl (C=O) groups excluding carboxylic acids is 1. The first-order chi connectivity index (χ1) is 11.7. The number of halogens is 3. The molecule has 3 aromatic rings. The number of primary amides is 1. The molecule has 0 fully saturated rings. The molecule has 0 spiro atoms. The summed E-state index contributed by atoms with van der Waals surface area (Å²) < 4.78 is 40.4. The van der Waals surface area contributed by atoms with Crippen LogP contribution in [0, 0.1) is 0 Å². The number of nitrogen functional groups attached to an aromatic ring is 1. The Balaban J connectivity index is 2.34. The molecule has 0 aliphatic heterocycles. The van der Waals surface area contributed by atoms with Crippen LogP contribution in [0.2, 0.25) is 0 Å². The van der Waals surface area contributed by atoms with Crippen LogP contribution in [0.5, 0.6) is 0 Å². The first-order valence-electron chi connectivity index (χ1n) is 7.25. The number of alkyl halides is 3. The van der Waals surface area contributed by atoms with E-state index in [1.165, 1.54) is 6.07 Å². The van der Waals surface area contributed by atoms with Crippen LogP contribution < -0.4 is 17.2 Å². The standard InChI is InChI=1S/C17H14F3N3OS/c18-17(19,20)11-6-5-10(9-3-1-8(7-21)2-4-9)14-12(11)13(22)15(25-14)16(23)24/h1-6H,7,21-22H2,(H2,23,24). The van der Waals surface area contributed by atoms with Gasteiger partial charge in [-0.1, -0.05) is 30.3 Å². The summed E-state index contributed by atoms with van der Waals surface area (Å²) in [6.07, 6.45) is -4.59. The summed E-state index contributed by atoms with van der Waals surface area (Å²) in [4.78, 5) is 11.5. The second-order valence-electron chi connectivity index (χ2n) is 5.47. The molecule has 3 rings (SSSR count). The lowest BCUT2D eigenvalue weighted by molar-refractivity contribution is -0.136. The Bertz CT molecular complexity index is 962. The largest absolute Gasteiger partial charge is 0.417 e. The number of amides is 1. The molecule has 130 valence electrons. The summed E-state index contributed by atoms with van der Waals surface area (Å²) in [5, 5.41) is -0.188. The number of thiophene rings is 1. The fraction of sp³-hybridized carbons (Fsp3) is 0.118. The van der Waals surface area contributed by atoms with Crippen molar-refractivity contribution in [2.24, 2.45) is 11.5 Å². The first-order valence-corrected chi connectivity index (χ1v) is 8.07. The molecule has 0 bridgehead atoms. The van der Waals surface area contributed by atoms with Gasteiger partial charge in [0.15, 0.2) is 0 Å². The Morgan fingerprint density at radius 2 is 1.72 bits per heavy atom. The van der Waals surface area contributed by atoms with Crippen LogP contribution in [-0.4, -0.2) is 5.91 Å². The van der Waals surface area contributed by atoms with Gasteiger partial charge in [0, 0.05) is 16.6 Å². The van der Waals surface area contributed by atoms with E-state index in [1.54, 1.807) is 24.3 Å². The molecule has 0 aliphatic rings. The maximum Gasteiger partial charge on any atom is 0.417 e. The van der Waals surface area contributed by atoms with Crippen LogP contribution in [0.25, 0.3) is 21.2 Å². The SMILES string of the molecule is NCc1ccc(-c2ccc(C(F)(F)F)c3c(N)c(C(N)=O)sc23)cc1. The summed E-state index contributed by atoms with van der Waals surface area (Å²) in [5.74, 6) is -0.851. The first kappa shape index (κ1) is 17.2. The number of fused-ring (bicyclic) bond motifs is 1. The maximum atomic E-state index is 13.4. The van der Waals surface area contributed by atoms with Crippen LogP contribution in [0.15, 0.2) is 36.4 Å². The van der Waals surface area contributed by atoms with E-state index in [2.05, 4.69) is 0 Å². The van der Waals surface area contributed by atoms with E-state index in [4.69, 9.17) is 17.2 Å². The van der Waals surface area contributed by atoms with Crippen molar-refractivity contribution < 1.29 is 18.0 Å². The highest BCUT2D eigenvalue weighted by atomic mass is 32.1. The molecule has 0 unspecified atom stereocenters. The zero-order valence-corrected chi connectivity index (χ0v) is 13.7. The van der Waals surface area contributed by atoms with E-state index in [9.17, 15) is 18.0 Å². The molecule has 4 nitrogen and oxygen atoms in total. The summed E-state index contributed by atoms with van der Waals surface area (Å²) in [6.45, 7) is 0.362. The number of carbonyl (C=O) groups is 1. The van der Waals surface area contributed by atoms with E-state index < -0.39 is 17.6 Å². The third kappa shape index (κ3) is 2.94. The molecule has 1 heterocycles. The van der Waals surface area contributed by atoms with Crippen molar-refractivity contribution in [2.45, 2.75) is 12.7 Å². The second-order valence-corrected chi connectivity index (χ2v) is 6.49. The van der Waals surface area contributed by atoms with Crippen molar-refractivity contribution in [3.8, 4) is 11.1 Å². The average molecular weight is 365 g/mol. The zero-order valence-electron chi connectivity index (χ0n) is 12.9. The van der Waals surface area contributed by atoms with Gasteiger partial charge in [-0.2, -0.15) is 13.2 Å². The molecule has 8 heteroatoms. The summed E-state index contributed by atoms with van der Waals surface area (Å²) in [6, 6.07) is 9.48. The molecular weight excluding hydrogens is 351 g/mol. The van der Waals surface area contributed by atoms with E-state index >= 15 is 0 Å². The molecule has 0 aliphatic carbocycles. The molecule has 25 heavy (non-hydrogen) atoms. The lowest BCUT2D eigenvalue weighted by atomic mass is 9.98. The lowest BCUT2D eigenvalue weighted by Gasteiger charge is -2.12. The van der Waals surface area contributed by atoms with Crippen molar-refractivity contribution in [1.82, 2.24) is 0 Å². The molecule has 0 saturated heterocycles. The van der Waals surface area contributed by atoms with Gasteiger partial charge in [0.1, 0.15) is 4.88 Å². The summed E-state index contributed by atoms with van der Waals surface area (Å²) in [7, 11) is 0. The molecule has 6 N–H and O–H groups in total. The van der Waals surface area contributed by atoms with E-state index in [1.807, 2.05) is 0 Å². The Kier molecular flexibility index (Phi) is 4.18.